The van der Waals surface area contributed by atoms with E-state index in [1.54, 1.807) is 21.3 Å². The molecule has 22 heavy (non-hydrogen) atoms. The summed E-state index contributed by atoms with van der Waals surface area (Å²) in [6, 6.07) is 7.77. The molecule has 0 radical (unpaired) electrons. The summed E-state index contributed by atoms with van der Waals surface area (Å²) in [6.45, 7) is 3.32. The number of ether oxygens (including phenoxy) is 3. The van der Waals surface area contributed by atoms with Crippen molar-refractivity contribution < 1.29 is 14.2 Å². The van der Waals surface area contributed by atoms with Gasteiger partial charge < -0.3 is 19.5 Å². The van der Waals surface area contributed by atoms with Crippen molar-refractivity contribution in [3.63, 3.8) is 0 Å². The van der Waals surface area contributed by atoms with E-state index in [4.69, 9.17) is 14.2 Å². The second-order valence-corrected chi connectivity index (χ2v) is 4.94. The van der Waals surface area contributed by atoms with Crippen LogP contribution in [-0.2, 0) is 13.1 Å². The maximum Gasteiger partial charge on any atom is 0.130 e. The van der Waals surface area contributed by atoms with Gasteiger partial charge in [-0.25, -0.2) is 0 Å². The number of pyridine rings is 1. The quantitative estimate of drug-likeness (QED) is 0.852. The van der Waals surface area contributed by atoms with Gasteiger partial charge in [0, 0.05) is 31.4 Å². The van der Waals surface area contributed by atoms with Gasteiger partial charge >= 0.3 is 0 Å². The predicted molar refractivity (Wildman–Crippen MR) is 85.6 cm³/mol. The van der Waals surface area contributed by atoms with Crippen LogP contribution in [0.15, 0.2) is 30.5 Å². The second-order valence-electron chi connectivity index (χ2n) is 4.94. The van der Waals surface area contributed by atoms with Crippen LogP contribution in [0.1, 0.15) is 16.8 Å². The highest BCUT2D eigenvalue weighted by Crippen LogP contribution is 2.33. The van der Waals surface area contributed by atoms with E-state index in [0.717, 1.165) is 28.3 Å². The number of benzene rings is 1. The first kappa shape index (κ1) is 16.1. The molecule has 0 fully saturated rings. The van der Waals surface area contributed by atoms with Gasteiger partial charge in [-0.2, -0.15) is 0 Å². The van der Waals surface area contributed by atoms with E-state index in [2.05, 4.69) is 16.4 Å². The molecular formula is C17H22N2O3. The highest BCUT2D eigenvalue weighted by atomic mass is 16.5. The molecule has 1 heterocycles. The van der Waals surface area contributed by atoms with Crippen LogP contribution in [0.4, 0.5) is 0 Å². The molecule has 0 spiro atoms. The van der Waals surface area contributed by atoms with Crippen molar-refractivity contribution in [2.45, 2.75) is 20.0 Å². The maximum atomic E-state index is 5.43. The zero-order chi connectivity index (χ0) is 15.9. The Morgan fingerprint density at radius 1 is 0.955 bits per heavy atom. The molecule has 1 aromatic carbocycles. The summed E-state index contributed by atoms with van der Waals surface area (Å²) in [6.07, 6.45) is 1.87. The molecule has 0 saturated carbocycles. The molecule has 0 aliphatic rings. The third-order valence-electron chi connectivity index (χ3n) is 3.40. The molecule has 0 amide bonds. The minimum atomic E-state index is 0.617. The molecular weight excluding hydrogens is 280 g/mol. The van der Waals surface area contributed by atoms with Gasteiger partial charge in [0.05, 0.1) is 32.6 Å². The normalized spacial score (nSPS) is 10.4. The summed E-state index contributed by atoms with van der Waals surface area (Å²) in [5.41, 5.74) is 3.11. The first-order valence-electron chi connectivity index (χ1n) is 7.09. The number of rotatable bonds is 7. The average molecular weight is 302 g/mol. The topological polar surface area (TPSA) is 52.6 Å². The van der Waals surface area contributed by atoms with Gasteiger partial charge in [-0.1, -0.05) is 6.07 Å². The highest BCUT2D eigenvalue weighted by molar-refractivity contribution is 5.50. The number of nitrogens with zero attached hydrogens (tertiary/aromatic N) is 1. The Morgan fingerprint density at radius 2 is 1.64 bits per heavy atom. The van der Waals surface area contributed by atoms with Gasteiger partial charge in [0.25, 0.3) is 0 Å². The lowest BCUT2D eigenvalue weighted by Gasteiger charge is -2.15. The first-order chi connectivity index (χ1) is 10.7. The fourth-order valence-electron chi connectivity index (χ4n) is 2.17. The molecule has 0 aliphatic carbocycles. The second kappa shape index (κ2) is 7.66. The lowest BCUT2D eigenvalue weighted by molar-refractivity contribution is 0.366. The van der Waals surface area contributed by atoms with Crippen molar-refractivity contribution in [2.24, 2.45) is 0 Å². The molecule has 0 bridgehead atoms. The number of aryl methyl sites for hydroxylation is 1. The standard InChI is InChI=1S/C17H22N2O3/c1-12-5-6-13(19-9-12)10-18-11-15-16(21-3)7-14(20-2)8-17(15)22-4/h5-9,18H,10-11H2,1-4H3. The van der Waals surface area contributed by atoms with Crippen LogP contribution < -0.4 is 19.5 Å². The van der Waals surface area contributed by atoms with Gasteiger partial charge in [-0.05, 0) is 18.6 Å². The van der Waals surface area contributed by atoms with Crippen molar-refractivity contribution in [2.75, 3.05) is 21.3 Å². The number of hydrogen-bond acceptors (Lipinski definition) is 5. The minimum absolute atomic E-state index is 0.617. The lowest BCUT2D eigenvalue weighted by atomic mass is 10.1. The largest absolute Gasteiger partial charge is 0.496 e. The Labute approximate surface area is 131 Å². The fourth-order valence-corrected chi connectivity index (χ4v) is 2.17. The van der Waals surface area contributed by atoms with Gasteiger partial charge in [0.15, 0.2) is 0 Å². The Hall–Kier alpha value is -2.27. The van der Waals surface area contributed by atoms with Gasteiger partial charge in [-0.3, -0.25) is 4.98 Å². The van der Waals surface area contributed by atoms with E-state index in [1.807, 2.05) is 31.3 Å². The van der Waals surface area contributed by atoms with Gasteiger partial charge in [-0.15, -0.1) is 0 Å². The summed E-state index contributed by atoms with van der Waals surface area (Å²) in [4.78, 5) is 4.38. The van der Waals surface area contributed by atoms with Crippen molar-refractivity contribution in [3.8, 4) is 17.2 Å². The first-order valence-corrected chi connectivity index (χ1v) is 7.09. The number of hydrogen-bond donors (Lipinski definition) is 1. The van der Waals surface area contributed by atoms with Crippen LogP contribution >= 0.6 is 0 Å². The molecule has 5 heteroatoms. The Bertz CT molecular complexity index is 587. The fraction of sp³-hybridized carbons (Fsp3) is 0.353. The number of methoxy groups -OCH3 is 3. The van der Waals surface area contributed by atoms with E-state index in [0.29, 0.717) is 18.8 Å². The summed E-state index contributed by atoms with van der Waals surface area (Å²) < 4.78 is 16.1. The average Bonchev–Trinajstić information content (AvgIpc) is 2.56. The third-order valence-corrected chi connectivity index (χ3v) is 3.40. The van der Waals surface area contributed by atoms with E-state index in [-0.39, 0.29) is 0 Å². The zero-order valence-electron chi connectivity index (χ0n) is 13.5. The smallest absolute Gasteiger partial charge is 0.130 e. The van der Waals surface area contributed by atoms with Crippen LogP contribution in [0.5, 0.6) is 17.2 Å². The number of nitrogens with one attached hydrogen (secondary N) is 1. The zero-order valence-corrected chi connectivity index (χ0v) is 13.5. The molecule has 1 aromatic heterocycles. The molecule has 118 valence electrons. The summed E-state index contributed by atoms with van der Waals surface area (Å²) in [5, 5.41) is 3.36. The lowest BCUT2D eigenvalue weighted by Crippen LogP contribution is -2.15. The van der Waals surface area contributed by atoms with Crippen molar-refractivity contribution in [1.29, 1.82) is 0 Å². The molecule has 2 rings (SSSR count). The Kier molecular flexibility index (Phi) is 5.61. The minimum Gasteiger partial charge on any atom is -0.496 e. The monoisotopic (exact) mass is 302 g/mol. The van der Waals surface area contributed by atoms with E-state index in [9.17, 15) is 0 Å². The van der Waals surface area contributed by atoms with Gasteiger partial charge in [0.1, 0.15) is 17.2 Å². The van der Waals surface area contributed by atoms with Crippen LogP contribution in [-0.4, -0.2) is 26.3 Å². The Balaban J connectivity index is 2.09. The van der Waals surface area contributed by atoms with Gasteiger partial charge in [0.2, 0.25) is 0 Å². The molecule has 1 N–H and O–H groups in total. The highest BCUT2D eigenvalue weighted by Gasteiger charge is 2.12. The van der Waals surface area contributed by atoms with Crippen LogP contribution in [0.3, 0.4) is 0 Å². The molecule has 0 atom stereocenters. The third kappa shape index (κ3) is 3.89. The van der Waals surface area contributed by atoms with E-state index in [1.165, 1.54) is 0 Å². The van der Waals surface area contributed by atoms with Crippen LogP contribution in [0.2, 0.25) is 0 Å². The van der Waals surface area contributed by atoms with Crippen molar-refractivity contribution in [3.05, 3.63) is 47.3 Å². The predicted octanol–water partition coefficient (Wildman–Crippen LogP) is 2.71. The SMILES string of the molecule is COc1cc(OC)c(CNCc2ccc(C)cn2)c(OC)c1. The molecule has 2 aromatic rings. The maximum absolute atomic E-state index is 5.43. The summed E-state index contributed by atoms with van der Waals surface area (Å²) in [7, 11) is 4.90. The van der Waals surface area contributed by atoms with E-state index < -0.39 is 0 Å². The van der Waals surface area contributed by atoms with Crippen LogP contribution in [0, 0.1) is 6.92 Å². The molecule has 0 aliphatic heterocycles. The van der Waals surface area contributed by atoms with Crippen molar-refractivity contribution >= 4 is 0 Å². The molecule has 5 nitrogen and oxygen atoms in total. The Morgan fingerprint density at radius 3 is 2.14 bits per heavy atom. The summed E-state index contributed by atoms with van der Waals surface area (Å²) >= 11 is 0. The molecule has 0 unspecified atom stereocenters. The molecule has 0 saturated heterocycles. The van der Waals surface area contributed by atoms with Crippen molar-refractivity contribution in [1.82, 2.24) is 10.3 Å². The summed E-state index contributed by atoms with van der Waals surface area (Å²) in [5.74, 6) is 2.18. The van der Waals surface area contributed by atoms with E-state index >= 15 is 0 Å². The number of aromatic nitrogens is 1. The van der Waals surface area contributed by atoms with Crippen LogP contribution in [0.25, 0.3) is 0 Å².